The normalized spacial score (nSPS) is 34.9. The molecule has 6 unspecified atom stereocenters. The van der Waals surface area contributed by atoms with Gasteiger partial charge in [0.15, 0.2) is 12.4 Å². The van der Waals surface area contributed by atoms with Gasteiger partial charge < -0.3 is 25.4 Å². The molecule has 1 aromatic heterocycles. The Morgan fingerprint density at radius 2 is 1.86 bits per heavy atom. The van der Waals surface area contributed by atoms with Crippen LogP contribution < -0.4 is 5.32 Å². The number of aromatic amines is 1. The molecule has 1 heterocycles. The summed E-state index contributed by atoms with van der Waals surface area (Å²) < 4.78 is 0. The SMILES string of the molecule is CC(=O)[C@@]1(O)CCC2C3CCC4=C/C(=N/OCC(=O)NC(Cc5c[nH]c6ccccc56)C(=O)O)CCC4(C)C3CCC21C. The smallest absolute Gasteiger partial charge is 0.326 e. The van der Waals surface area contributed by atoms with Crippen molar-refractivity contribution in [1.82, 2.24) is 10.3 Å². The Kier molecular flexibility index (Phi) is 7.51. The van der Waals surface area contributed by atoms with E-state index >= 15 is 0 Å². The Balaban J connectivity index is 1.07. The number of amides is 1. The van der Waals surface area contributed by atoms with Crippen molar-refractivity contribution >= 4 is 34.3 Å². The van der Waals surface area contributed by atoms with Crippen molar-refractivity contribution in [3.63, 3.8) is 0 Å². The minimum absolute atomic E-state index is 0.0503. The van der Waals surface area contributed by atoms with E-state index in [0.29, 0.717) is 24.2 Å². The van der Waals surface area contributed by atoms with Gasteiger partial charge in [0.2, 0.25) is 0 Å². The summed E-state index contributed by atoms with van der Waals surface area (Å²) in [6, 6.07) is 6.56. The zero-order valence-corrected chi connectivity index (χ0v) is 25.3. The maximum absolute atomic E-state index is 12.6. The fraction of sp³-hybridized carbons (Fsp3) is 0.588. The van der Waals surface area contributed by atoms with Gasteiger partial charge in [-0.2, -0.15) is 0 Å². The van der Waals surface area contributed by atoms with Crippen LogP contribution in [0.25, 0.3) is 10.9 Å². The van der Waals surface area contributed by atoms with Crippen LogP contribution in [0, 0.1) is 28.6 Å². The summed E-state index contributed by atoms with van der Waals surface area (Å²) in [4.78, 5) is 45.6. The summed E-state index contributed by atoms with van der Waals surface area (Å²) in [5, 5.41) is 28.9. The number of aromatic nitrogens is 1. The quantitative estimate of drug-likeness (QED) is 0.322. The lowest BCUT2D eigenvalue weighted by molar-refractivity contribution is -0.159. The van der Waals surface area contributed by atoms with Crippen LogP contribution in [0.4, 0.5) is 0 Å². The van der Waals surface area contributed by atoms with E-state index in [1.807, 2.05) is 24.3 Å². The number of benzene rings is 1. The number of nitrogens with zero attached hydrogens (tertiary/aromatic N) is 1. The van der Waals surface area contributed by atoms with Gasteiger partial charge >= 0.3 is 5.97 Å². The summed E-state index contributed by atoms with van der Waals surface area (Å²) in [6.07, 6.45) is 11.1. The fourth-order valence-electron chi connectivity index (χ4n) is 9.37. The third-order valence-electron chi connectivity index (χ3n) is 11.8. The number of aliphatic carboxylic acids is 1. The van der Waals surface area contributed by atoms with Gasteiger partial charge in [0, 0.05) is 28.9 Å². The van der Waals surface area contributed by atoms with Crippen LogP contribution in [0.15, 0.2) is 47.3 Å². The zero-order valence-electron chi connectivity index (χ0n) is 25.3. The number of allylic oxidation sites excluding steroid dienone is 2. The number of ketones is 1. The van der Waals surface area contributed by atoms with Gasteiger partial charge in [-0.3, -0.25) is 9.59 Å². The first-order chi connectivity index (χ1) is 20.5. The highest BCUT2D eigenvalue weighted by atomic mass is 16.6. The zero-order chi connectivity index (χ0) is 30.6. The number of hydrogen-bond donors (Lipinski definition) is 4. The molecule has 1 amide bonds. The number of oxime groups is 1. The molecule has 9 nitrogen and oxygen atoms in total. The maximum Gasteiger partial charge on any atom is 0.326 e. The predicted molar refractivity (Wildman–Crippen MR) is 162 cm³/mol. The van der Waals surface area contributed by atoms with E-state index in [1.54, 1.807) is 13.1 Å². The first-order valence-electron chi connectivity index (χ1n) is 15.7. The number of H-pyrrole nitrogens is 1. The second-order valence-electron chi connectivity index (χ2n) is 13.8. The number of carboxylic acids is 1. The molecule has 0 radical (unpaired) electrons. The van der Waals surface area contributed by atoms with Crippen LogP contribution >= 0.6 is 0 Å². The summed E-state index contributed by atoms with van der Waals surface area (Å²) >= 11 is 0. The van der Waals surface area contributed by atoms with Crippen molar-refractivity contribution in [1.29, 1.82) is 0 Å². The number of rotatable bonds is 8. The number of aliphatic hydroxyl groups is 1. The van der Waals surface area contributed by atoms with E-state index < -0.39 is 23.5 Å². The Hall–Kier alpha value is -3.46. The van der Waals surface area contributed by atoms with Crippen LogP contribution in [0.3, 0.4) is 0 Å². The number of carbonyl (C=O) groups is 3. The maximum atomic E-state index is 12.6. The second-order valence-corrected chi connectivity index (χ2v) is 13.8. The van der Waals surface area contributed by atoms with E-state index in [2.05, 4.69) is 35.4 Å². The summed E-state index contributed by atoms with van der Waals surface area (Å²) in [6.45, 7) is 5.71. The first-order valence-corrected chi connectivity index (χ1v) is 15.7. The molecule has 1 aromatic carbocycles. The highest BCUT2D eigenvalue weighted by molar-refractivity contribution is 5.96. The lowest BCUT2D eigenvalue weighted by atomic mass is 9.46. The minimum atomic E-state index is -1.20. The second kappa shape index (κ2) is 10.9. The Morgan fingerprint density at radius 1 is 1.09 bits per heavy atom. The van der Waals surface area contributed by atoms with E-state index in [0.717, 1.165) is 67.1 Å². The number of nitrogens with one attached hydrogen (secondary N) is 2. The number of hydrogen-bond acceptors (Lipinski definition) is 6. The molecule has 0 bridgehead atoms. The van der Waals surface area contributed by atoms with Crippen LogP contribution in [-0.2, 0) is 25.6 Å². The molecule has 3 saturated carbocycles. The third-order valence-corrected chi connectivity index (χ3v) is 11.8. The van der Waals surface area contributed by atoms with E-state index in [9.17, 15) is 24.6 Å². The van der Waals surface area contributed by atoms with Crippen LogP contribution in [0.5, 0.6) is 0 Å². The van der Waals surface area contributed by atoms with Gasteiger partial charge in [-0.05, 0) is 99.2 Å². The molecule has 3 fully saturated rings. The monoisotopic (exact) mass is 589 g/mol. The molecule has 0 aliphatic heterocycles. The molecular weight excluding hydrogens is 546 g/mol. The Labute approximate surface area is 252 Å². The summed E-state index contributed by atoms with van der Waals surface area (Å²) in [5.41, 5.74) is 2.42. The summed E-state index contributed by atoms with van der Waals surface area (Å²) in [5.74, 6) is -0.349. The number of fused-ring (bicyclic) bond motifs is 6. The number of carboxylic acid groups (broad SMARTS) is 1. The standard InChI is InChI=1S/C34H43N3O6/c1-20(38)34(42)15-12-27-25-9-8-22-17-23(10-13-32(22,2)26(25)11-14-33(27,34)3)37-43-19-30(39)36-29(31(40)41)16-21-18-35-28-7-5-4-6-24(21)28/h4-7,17-18,25-27,29,35,42H,8-16,19H2,1-3H3,(H,36,39)(H,40,41)/b37-23+/t25?,26?,27?,29?,32?,33?,34-/m0/s1. The van der Waals surface area contributed by atoms with Gasteiger partial charge in [0.1, 0.15) is 11.6 Å². The number of carbonyl (C=O) groups excluding carboxylic acids is 2. The van der Waals surface area contributed by atoms with Crippen LogP contribution in [-0.4, -0.2) is 56.8 Å². The van der Waals surface area contributed by atoms with Crippen molar-refractivity contribution in [3.05, 3.63) is 47.7 Å². The number of para-hydroxylation sites is 1. The molecule has 4 aliphatic carbocycles. The van der Waals surface area contributed by atoms with Crippen LogP contribution in [0.2, 0.25) is 0 Å². The molecule has 0 saturated heterocycles. The van der Waals surface area contributed by atoms with E-state index in [4.69, 9.17) is 4.84 Å². The minimum Gasteiger partial charge on any atom is -0.480 e. The Morgan fingerprint density at radius 3 is 2.63 bits per heavy atom. The fourth-order valence-corrected chi connectivity index (χ4v) is 9.37. The molecule has 2 aromatic rings. The van der Waals surface area contributed by atoms with Crippen LogP contribution in [0.1, 0.15) is 77.7 Å². The molecule has 0 spiro atoms. The molecule has 4 N–H and O–H groups in total. The van der Waals surface area contributed by atoms with Crippen molar-refractivity contribution in [2.24, 2.45) is 33.7 Å². The molecule has 43 heavy (non-hydrogen) atoms. The van der Waals surface area contributed by atoms with Crippen molar-refractivity contribution in [2.75, 3.05) is 6.61 Å². The van der Waals surface area contributed by atoms with Gasteiger partial charge in [-0.1, -0.05) is 42.8 Å². The van der Waals surface area contributed by atoms with Crippen molar-refractivity contribution < 1.29 is 29.4 Å². The lowest BCUT2D eigenvalue weighted by Gasteiger charge is -2.59. The average molecular weight is 590 g/mol. The van der Waals surface area contributed by atoms with Crippen molar-refractivity contribution in [3.8, 4) is 0 Å². The number of Topliss-reactive ketones (excluding diaryl/α,β-unsaturated/α-hetero) is 1. The molecule has 4 aliphatic rings. The lowest BCUT2D eigenvalue weighted by Crippen LogP contribution is -2.57. The highest BCUT2D eigenvalue weighted by Gasteiger charge is 2.65. The van der Waals surface area contributed by atoms with Crippen molar-refractivity contribution in [2.45, 2.75) is 90.2 Å². The first kappa shape index (κ1) is 29.6. The molecule has 6 rings (SSSR count). The summed E-state index contributed by atoms with van der Waals surface area (Å²) in [7, 11) is 0. The molecule has 9 heteroatoms. The Bertz CT molecular complexity index is 1510. The third kappa shape index (κ3) is 4.89. The van der Waals surface area contributed by atoms with E-state index in [1.165, 1.54) is 5.57 Å². The van der Waals surface area contributed by atoms with Gasteiger partial charge in [-0.25, -0.2) is 4.79 Å². The molecule has 7 atom stereocenters. The largest absolute Gasteiger partial charge is 0.480 e. The van der Waals surface area contributed by atoms with Gasteiger partial charge in [-0.15, -0.1) is 0 Å². The average Bonchev–Trinajstić information content (AvgIpc) is 3.51. The molecule has 230 valence electrons. The van der Waals surface area contributed by atoms with Gasteiger partial charge in [0.05, 0.1) is 5.71 Å². The topological polar surface area (TPSA) is 141 Å². The predicted octanol–water partition coefficient (Wildman–Crippen LogP) is 4.94. The highest BCUT2D eigenvalue weighted by Crippen LogP contribution is 2.67. The van der Waals surface area contributed by atoms with Gasteiger partial charge in [0.25, 0.3) is 5.91 Å². The molecular formula is C34H43N3O6. The van der Waals surface area contributed by atoms with E-state index in [-0.39, 0.29) is 29.6 Å².